The summed E-state index contributed by atoms with van der Waals surface area (Å²) in [5, 5.41) is 3.53. The molecule has 17 heavy (non-hydrogen) atoms. The number of thiophene rings is 1. The maximum Gasteiger partial charge on any atom is 0.0300 e. The molecule has 1 unspecified atom stereocenters. The second kappa shape index (κ2) is 6.78. The summed E-state index contributed by atoms with van der Waals surface area (Å²) in [7, 11) is 2.26. The molecule has 1 N–H and O–H groups in total. The van der Waals surface area contributed by atoms with Crippen LogP contribution in [-0.2, 0) is 6.54 Å². The number of likely N-dealkylation sites (N-methyl/N-ethyl adjacent to an activating group) is 1. The third-order valence-corrected chi connectivity index (χ3v) is 5.41. The normalized spacial score (nSPS) is 20.3. The summed E-state index contributed by atoms with van der Waals surface area (Å²) < 4.78 is 0. The van der Waals surface area contributed by atoms with Gasteiger partial charge in [-0.05, 0) is 38.3 Å². The van der Waals surface area contributed by atoms with Crippen molar-refractivity contribution in [1.29, 1.82) is 0 Å². The van der Waals surface area contributed by atoms with Crippen LogP contribution in [0.3, 0.4) is 0 Å². The lowest BCUT2D eigenvalue weighted by Crippen LogP contribution is -2.36. The predicted octanol–water partition coefficient (Wildman–Crippen LogP) is 2.58. The molecule has 0 saturated carbocycles. The molecule has 1 aromatic rings. The van der Waals surface area contributed by atoms with Crippen molar-refractivity contribution in [2.75, 3.05) is 31.6 Å². The smallest absolute Gasteiger partial charge is 0.0300 e. The van der Waals surface area contributed by atoms with Gasteiger partial charge in [-0.1, -0.05) is 0 Å². The van der Waals surface area contributed by atoms with Crippen molar-refractivity contribution in [3.05, 3.63) is 21.9 Å². The first kappa shape index (κ1) is 13.4. The third kappa shape index (κ3) is 4.28. The Morgan fingerprint density at radius 3 is 3.00 bits per heavy atom. The second-order valence-electron chi connectivity index (χ2n) is 4.69. The lowest BCUT2D eigenvalue weighted by atomic mass is 10.2. The highest BCUT2D eigenvalue weighted by atomic mass is 32.2. The minimum absolute atomic E-state index is 0.811. The van der Waals surface area contributed by atoms with Crippen LogP contribution >= 0.6 is 23.1 Å². The molecule has 0 aromatic carbocycles. The molecule has 1 atom stereocenters. The molecule has 1 saturated heterocycles. The Hall–Kier alpha value is -0.0300. The van der Waals surface area contributed by atoms with Crippen molar-refractivity contribution in [2.45, 2.75) is 25.9 Å². The Kier molecular flexibility index (Phi) is 5.35. The standard InChI is InChI=1S/C13H22N2S2/c1-11-3-4-13(17-11)9-14-6-7-15(2)12-5-8-16-10-12/h3-4,12,14H,5-10H2,1-2H3. The van der Waals surface area contributed by atoms with E-state index in [0.29, 0.717) is 0 Å². The largest absolute Gasteiger partial charge is 0.311 e. The number of nitrogens with one attached hydrogen (secondary N) is 1. The van der Waals surface area contributed by atoms with Crippen LogP contribution < -0.4 is 5.32 Å². The zero-order chi connectivity index (χ0) is 12.1. The SMILES string of the molecule is Cc1ccc(CNCCN(C)C2CCSC2)s1. The highest BCUT2D eigenvalue weighted by Crippen LogP contribution is 2.20. The number of aryl methyl sites for hydroxylation is 1. The third-order valence-electron chi connectivity index (χ3n) is 3.27. The molecule has 0 aliphatic carbocycles. The summed E-state index contributed by atoms with van der Waals surface area (Å²) in [6.45, 7) is 5.44. The van der Waals surface area contributed by atoms with Crippen LogP contribution in [0.25, 0.3) is 0 Å². The van der Waals surface area contributed by atoms with Crippen LogP contribution in [0.1, 0.15) is 16.2 Å². The average molecular weight is 270 g/mol. The lowest BCUT2D eigenvalue weighted by molar-refractivity contribution is 0.262. The summed E-state index contributed by atoms with van der Waals surface area (Å²) in [5.74, 6) is 2.66. The van der Waals surface area contributed by atoms with Gasteiger partial charge in [-0.2, -0.15) is 11.8 Å². The topological polar surface area (TPSA) is 15.3 Å². The number of hydrogen-bond donors (Lipinski definition) is 1. The Labute approximate surface area is 113 Å². The van der Waals surface area contributed by atoms with Gasteiger partial charge in [0.1, 0.15) is 0 Å². The van der Waals surface area contributed by atoms with Gasteiger partial charge in [0.05, 0.1) is 0 Å². The van der Waals surface area contributed by atoms with Crippen molar-refractivity contribution in [3.8, 4) is 0 Å². The Bertz CT molecular complexity index is 332. The van der Waals surface area contributed by atoms with Gasteiger partial charge in [0.25, 0.3) is 0 Å². The lowest BCUT2D eigenvalue weighted by Gasteiger charge is -2.23. The van der Waals surface area contributed by atoms with Gasteiger partial charge in [0.2, 0.25) is 0 Å². The number of thioether (sulfide) groups is 1. The molecule has 0 bridgehead atoms. The Morgan fingerprint density at radius 2 is 2.35 bits per heavy atom. The van der Waals surface area contributed by atoms with Crippen LogP contribution in [0.2, 0.25) is 0 Å². The maximum absolute atomic E-state index is 3.53. The molecular formula is C13H22N2S2. The van der Waals surface area contributed by atoms with Crippen LogP contribution in [0.4, 0.5) is 0 Å². The van der Waals surface area contributed by atoms with Crippen molar-refractivity contribution in [2.24, 2.45) is 0 Å². The average Bonchev–Trinajstić information content (AvgIpc) is 2.95. The molecular weight excluding hydrogens is 248 g/mol. The van der Waals surface area contributed by atoms with Crippen molar-refractivity contribution in [1.82, 2.24) is 10.2 Å². The zero-order valence-electron chi connectivity index (χ0n) is 10.7. The van der Waals surface area contributed by atoms with E-state index < -0.39 is 0 Å². The fourth-order valence-corrected chi connectivity index (χ4v) is 4.26. The van der Waals surface area contributed by atoms with E-state index in [4.69, 9.17) is 0 Å². The highest BCUT2D eigenvalue weighted by Gasteiger charge is 2.19. The molecule has 1 aliphatic rings. The van der Waals surface area contributed by atoms with E-state index in [1.807, 2.05) is 11.3 Å². The van der Waals surface area contributed by atoms with Crippen LogP contribution in [0.15, 0.2) is 12.1 Å². The van der Waals surface area contributed by atoms with E-state index >= 15 is 0 Å². The zero-order valence-corrected chi connectivity index (χ0v) is 12.4. The molecule has 2 nitrogen and oxygen atoms in total. The van der Waals surface area contributed by atoms with Gasteiger partial charge in [-0.3, -0.25) is 0 Å². The summed E-state index contributed by atoms with van der Waals surface area (Å²) >= 11 is 3.98. The van der Waals surface area contributed by atoms with Crippen molar-refractivity contribution < 1.29 is 0 Å². The predicted molar refractivity (Wildman–Crippen MR) is 79.1 cm³/mol. The monoisotopic (exact) mass is 270 g/mol. The molecule has 2 rings (SSSR count). The molecule has 0 amide bonds. The number of nitrogens with zero attached hydrogens (tertiary/aromatic N) is 1. The van der Waals surface area contributed by atoms with Gasteiger partial charge in [-0.25, -0.2) is 0 Å². The quantitative estimate of drug-likeness (QED) is 0.800. The molecule has 96 valence electrons. The van der Waals surface area contributed by atoms with Gasteiger partial charge in [0.15, 0.2) is 0 Å². The summed E-state index contributed by atoms with van der Waals surface area (Å²) in [6, 6.07) is 5.24. The summed E-state index contributed by atoms with van der Waals surface area (Å²) in [4.78, 5) is 5.36. The highest BCUT2D eigenvalue weighted by molar-refractivity contribution is 7.99. The van der Waals surface area contributed by atoms with Crippen molar-refractivity contribution in [3.63, 3.8) is 0 Å². The minimum Gasteiger partial charge on any atom is -0.311 e. The van der Waals surface area contributed by atoms with Crippen LogP contribution in [0, 0.1) is 6.92 Å². The summed E-state index contributed by atoms with van der Waals surface area (Å²) in [6.07, 6.45) is 1.37. The van der Waals surface area contributed by atoms with Gasteiger partial charge < -0.3 is 10.2 Å². The molecule has 0 radical (unpaired) electrons. The minimum atomic E-state index is 0.811. The molecule has 2 heterocycles. The first-order valence-electron chi connectivity index (χ1n) is 6.30. The maximum atomic E-state index is 3.53. The van der Waals surface area contributed by atoms with E-state index in [2.05, 4.69) is 48.1 Å². The number of hydrogen-bond acceptors (Lipinski definition) is 4. The van der Waals surface area contributed by atoms with Gasteiger partial charge in [-0.15, -0.1) is 11.3 Å². The molecule has 1 aromatic heterocycles. The van der Waals surface area contributed by atoms with Crippen LogP contribution in [0.5, 0.6) is 0 Å². The Morgan fingerprint density at radius 1 is 1.47 bits per heavy atom. The van der Waals surface area contributed by atoms with Gasteiger partial charge >= 0.3 is 0 Å². The van der Waals surface area contributed by atoms with E-state index in [1.165, 1.54) is 27.7 Å². The number of rotatable bonds is 6. The van der Waals surface area contributed by atoms with E-state index in [1.54, 1.807) is 0 Å². The van der Waals surface area contributed by atoms with E-state index in [0.717, 1.165) is 25.7 Å². The fourth-order valence-electron chi connectivity index (χ4n) is 2.10. The fraction of sp³-hybridized carbons (Fsp3) is 0.692. The van der Waals surface area contributed by atoms with Crippen LogP contribution in [-0.4, -0.2) is 42.6 Å². The van der Waals surface area contributed by atoms with Gasteiger partial charge in [0, 0.05) is 41.2 Å². The first-order chi connectivity index (χ1) is 8.25. The van der Waals surface area contributed by atoms with E-state index in [-0.39, 0.29) is 0 Å². The Balaban J connectivity index is 1.59. The molecule has 1 aliphatic heterocycles. The van der Waals surface area contributed by atoms with E-state index in [9.17, 15) is 0 Å². The second-order valence-corrected chi connectivity index (χ2v) is 7.21. The van der Waals surface area contributed by atoms with Crippen molar-refractivity contribution >= 4 is 23.1 Å². The first-order valence-corrected chi connectivity index (χ1v) is 8.27. The molecule has 4 heteroatoms. The molecule has 1 fully saturated rings. The molecule has 0 spiro atoms. The summed E-state index contributed by atoms with van der Waals surface area (Å²) in [5.41, 5.74) is 0.